The molecular formula is C16H25NO. The number of nitrogens with zero attached hydrogens (tertiary/aromatic N) is 1. The minimum absolute atomic E-state index is 0.755. The van der Waals surface area contributed by atoms with Gasteiger partial charge in [0.15, 0.2) is 0 Å². The molecule has 0 spiro atoms. The lowest BCUT2D eigenvalue weighted by Crippen LogP contribution is -2.40. The molecule has 100 valence electrons. The molecule has 0 amide bonds. The molecule has 1 aromatic rings. The Morgan fingerprint density at radius 1 is 1.06 bits per heavy atom. The normalized spacial score (nSPS) is 22.8. The van der Waals surface area contributed by atoms with Crippen molar-refractivity contribution in [3.8, 4) is 5.75 Å². The molecule has 1 fully saturated rings. The van der Waals surface area contributed by atoms with Gasteiger partial charge in [-0.05, 0) is 49.9 Å². The minimum atomic E-state index is 0.755. The van der Waals surface area contributed by atoms with Crippen LogP contribution in [0, 0.1) is 11.8 Å². The Bertz CT molecular complexity index is 334. The van der Waals surface area contributed by atoms with Crippen LogP contribution in [0.3, 0.4) is 0 Å². The van der Waals surface area contributed by atoms with Crippen LogP contribution >= 0.6 is 0 Å². The van der Waals surface area contributed by atoms with Gasteiger partial charge in [0.1, 0.15) is 5.75 Å². The van der Waals surface area contributed by atoms with Crippen molar-refractivity contribution in [3.63, 3.8) is 0 Å². The second kappa shape index (κ2) is 6.79. The molecule has 0 saturated heterocycles. The van der Waals surface area contributed by atoms with E-state index in [2.05, 4.69) is 18.7 Å². The zero-order chi connectivity index (χ0) is 12.8. The van der Waals surface area contributed by atoms with Crippen LogP contribution in [0.4, 0.5) is 0 Å². The van der Waals surface area contributed by atoms with Crippen LogP contribution in [0.25, 0.3) is 0 Å². The third-order valence-electron chi connectivity index (χ3n) is 4.17. The molecule has 1 saturated carbocycles. The number of hydrogen-bond donors (Lipinski definition) is 0. The maximum Gasteiger partial charge on any atom is 0.119 e. The van der Waals surface area contributed by atoms with E-state index in [-0.39, 0.29) is 0 Å². The van der Waals surface area contributed by atoms with Gasteiger partial charge in [-0.15, -0.1) is 0 Å². The van der Waals surface area contributed by atoms with Gasteiger partial charge in [-0.2, -0.15) is 0 Å². The summed E-state index contributed by atoms with van der Waals surface area (Å²) in [6.07, 6.45) is 2.71. The molecule has 2 heteroatoms. The number of ether oxygens (including phenoxy) is 1. The lowest BCUT2D eigenvalue weighted by molar-refractivity contribution is 0.0712. The first-order chi connectivity index (χ1) is 8.83. The summed E-state index contributed by atoms with van der Waals surface area (Å²) < 4.78 is 5.87. The molecule has 0 bridgehead atoms. The highest BCUT2D eigenvalue weighted by atomic mass is 16.5. The number of benzene rings is 1. The maximum atomic E-state index is 5.87. The summed E-state index contributed by atoms with van der Waals surface area (Å²) in [6.45, 7) is 8.96. The fourth-order valence-electron chi connectivity index (χ4n) is 2.63. The van der Waals surface area contributed by atoms with Gasteiger partial charge < -0.3 is 9.64 Å². The molecule has 1 aliphatic rings. The first-order valence-corrected chi connectivity index (χ1v) is 7.23. The Morgan fingerprint density at radius 2 is 1.72 bits per heavy atom. The van der Waals surface area contributed by atoms with Gasteiger partial charge >= 0.3 is 0 Å². The first-order valence-electron chi connectivity index (χ1n) is 7.23. The average Bonchev–Trinajstić information content (AvgIpc) is 2.40. The molecule has 18 heavy (non-hydrogen) atoms. The van der Waals surface area contributed by atoms with Gasteiger partial charge in [0.2, 0.25) is 0 Å². The summed E-state index contributed by atoms with van der Waals surface area (Å²) in [5, 5.41) is 0. The van der Waals surface area contributed by atoms with E-state index in [1.54, 1.807) is 0 Å². The third kappa shape index (κ3) is 3.49. The van der Waals surface area contributed by atoms with Crippen LogP contribution in [0.5, 0.6) is 5.75 Å². The predicted octanol–water partition coefficient (Wildman–Crippen LogP) is 3.43. The van der Waals surface area contributed by atoms with Crippen LogP contribution in [-0.2, 0) is 0 Å². The molecule has 0 aromatic heterocycles. The monoisotopic (exact) mass is 247 g/mol. The van der Waals surface area contributed by atoms with Gasteiger partial charge in [0, 0.05) is 6.54 Å². The average molecular weight is 247 g/mol. The Kier molecular flexibility index (Phi) is 5.06. The summed E-state index contributed by atoms with van der Waals surface area (Å²) in [5.74, 6) is 2.60. The zero-order valence-electron chi connectivity index (χ0n) is 11.6. The van der Waals surface area contributed by atoms with E-state index in [9.17, 15) is 0 Å². The Morgan fingerprint density at radius 3 is 2.28 bits per heavy atom. The number of hydrogen-bond acceptors (Lipinski definition) is 2. The van der Waals surface area contributed by atoms with Crippen molar-refractivity contribution >= 4 is 0 Å². The second-order valence-electron chi connectivity index (χ2n) is 5.21. The molecule has 2 atom stereocenters. The van der Waals surface area contributed by atoms with Crippen LogP contribution in [0.1, 0.15) is 26.7 Å². The van der Waals surface area contributed by atoms with Crippen molar-refractivity contribution in [2.45, 2.75) is 26.7 Å². The molecule has 0 N–H and O–H groups in total. The van der Waals surface area contributed by atoms with Gasteiger partial charge in [-0.3, -0.25) is 0 Å². The maximum absolute atomic E-state index is 5.87. The molecule has 0 radical (unpaired) electrons. The van der Waals surface area contributed by atoms with E-state index in [1.165, 1.54) is 32.5 Å². The predicted molar refractivity (Wildman–Crippen MR) is 75.9 cm³/mol. The second-order valence-corrected chi connectivity index (χ2v) is 5.21. The van der Waals surface area contributed by atoms with Crippen LogP contribution in [0.2, 0.25) is 0 Å². The lowest BCUT2D eigenvalue weighted by atomic mass is 9.74. The van der Waals surface area contributed by atoms with Crippen molar-refractivity contribution in [1.29, 1.82) is 0 Å². The fraction of sp³-hybridized carbons (Fsp3) is 0.625. The third-order valence-corrected chi connectivity index (χ3v) is 4.17. The van der Waals surface area contributed by atoms with Crippen LogP contribution in [-0.4, -0.2) is 31.1 Å². The zero-order valence-corrected chi connectivity index (χ0v) is 11.6. The van der Waals surface area contributed by atoms with Gasteiger partial charge in [-0.25, -0.2) is 0 Å². The summed E-state index contributed by atoms with van der Waals surface area (Å²) in [7, 11) is 0. The van der Waals surface area contributed by atoms with Crippen molar-refractivity contribution in [3.05, 3.63) is 30.3 Å². The standard InChI is InChI=1S/C16H25NO/c1-3-17(4-2)12-14-10-11-15(14)13-18-16-8-6-5-7-9-16/h5-9,14-15H,3-4,10-13H2,1-2H3/t14-,15-/m1/s1. The van der Waals surface area contributed by atoms with Gasteiger partial charge in [0.05, 0.1) is 6.61 Å². The fourth-order valence-corrected chi connectivity index (χ4v) is 2.63. The Hall–Kier alpha value is -1.02. The molecule has 1 aromatic carbocycles. The van der Waals surface area contributed by atoms with E-state index in [4.69, 9.17) is 4.74 Å². The van der Waals surface area contributed by atoms with Gasteiger partial charge in [-0.1, -0.05) is 32.0 Å². The Labute approximate surface area is 111 Å². The van der Waals surface area contributed by atoms with Crippen molar-refractivity contribution in [2.75, 3.05) is 26.2 Å². The van der Waals surface area contributed by atoms with Crippen molar-refractivity contribution < 1.29 is 4.74 Å². The van der Waals surface area contributed by atoms with Gasteiger partial charge in [0.25, 0.3) is 0 Å². The number of para-hydroxylation sites is 1. The largest absolute Gasteiger partial charge is 0.493 e. The SMILES string of the molecule is CCN(CC)C[C@H]1CC[C@@H]1COc1ccccc1. The van der Waals surface area contributed by atoms with Crippen LogP contribution in [0.15, 0.2) is 30.3 Å². The molecular weight excluding hydrogens is 222 g/mol. The molecule has 0 aliphatic heterocycles. The highest BCUT2D eigenvalue weighted by molar-refractivity contribution is 5.20. The first kappa shape index (κ1) is 13.4. The summed E-state index contributed by atoms with van der Waals surface area (Å²) in [6, 6.07) is 10.2. The molecule has 2 nitrogen and oxygen atoms in total. The summed E-state index contributed by atoms with van der Waals surface area (Å²) >= 11 is 0. The van der Waals surface area contributed by atoms with Crippen molar-refractivity contribution in [2.24, 2.45) is 11.8 Å². The van der Waals surface area contributed by atoms with Crippen LogP contribution < -0.4 is 4.74 Å². The lowest BCUT2D eigenvalue weighted by Gasteiger charge is -2.39. The van der Waals surface area contributed by atoms with E-state index < -0.39 is 0 Å². The highest BCUT2D eigenvalue weighted by Gasteiger charge is 2.32. The quantitative estimate of drug-likeness (QED) is 0.732. The summed E-state index contributed by atoms with van der Waals surface area (Å²) in [4.78, 5) is 2.53. The van der Waals surface area contributed by atoms with E-state index in [0.29, 0.717) is 0 Å². The minimum Gasteiger partial charge on any atom is -0.493 e. The number of rotatable bonds is 7. The molecule has 0 heterocycles. The van der Waals surface area contributed by atoms with Crippen molar-refractivity contribution in [1.82, 2.24) is 4.90 Å². The smallest absolute Gasteiger partial charge is 0.119 e. The molecule has 0 unspecified atom stereocenters. The molecule has 1 aliphatic carbocycles. The van der Waals surface area contributed by atoms with E-state index >= 15 is 0 Å². The highest BCUT2D eigenvalue weighted by Crippen LogP contribution is 2.35. The van der Waals surface area contributed by atoms with E-state index in [1.807, 2.05) is 30.3 Å². The summed E-state index contributed by atoms with van der Waals surface area (Å²) in [5.41, 5.74) is 0. The molecule has 2 rings (SSSR count). The Balaban J connectivity index is 1.74. The topological polar surface area (TPSA) is 12.5 Å². The van der Waals surface area contributed by atoms with E-state index in [0.717, 1.165) is 24.2 Å².